The molecule has 1 aromatic carbocycles. The highest BCUT2D eigenvalue weighted by molar-refractivity contribution is 7.98. The first kappa shape index (κ1) is 29.3. The zero-order valence-corrected chi connectivity index (χ0v) is 26.0. The summed E-state index contributed by atoms with van der Waals surface area (Å²) >= 11 is 8.15. The fourth-order valence-electron chi connectivity index (χ4n) is 7.08. The second-order valence-corrected chi connectivity index (χ2v) is 13.7. The molecule has 2 atom stereocenters. The highest BCUT2D eigenvalue weighted by Gasteiger charge is 2.51. The lowest BCUT2D eigenvalue weighted by Gasteiger charge is -2.42. The number of hydrogen-bond donors (Lipinski definition) is 3. The average molecular weight is 588 g/mol. The Labute approximate surface area is 246 Å². The Kier molecular flexibility index (Phi) is 8.25. The zero-order valence-electron chi connectivity index (χ0n) is 24.5. The van der Waals surface area contributed by atoms with E-state index in [1.807, 2.05) is 33.1 Å². The normalized spacial score (nSPS) is 27.5. The third-order valence-corrected chi connectivity index (χ3v) is 10.3. The van der Waals surface area contributed by atoms with Crippen molar-refractivity contribution in [1.82, 2.24) is 15.6 Å². The second-order valence-electron chi connectivity index (χ2n) is 12.5. The summed E-state index contributed by atoms with van der Waals surface area (Å²) in [5, 5.41) is 7.00. The number of rotatable bonds is 7. The molecule has 40 heavy (non-hydrogen) atoms. The largest absolute Gasteiger partial charge is 0.448 e. The van der Waals surface area contributed by atoms with Crippen LogP contribution in [0.1, 0.15) is 92.9 Å². The molecule has 1 aromatic heterocycles. The summed E-state index contributed by atoms with van der Waals surface area (Å²) < 4.78 is 13.0. The Balaban J connectivity index is 1.27. The number of nitrogens with one attached hydrogen (secondary N) is 3. The molecule has 2 heterocycles. The summed E-state index contributed by atoms with van der Waals surface area (Å²) in [6.45, 7) is 10.3. The number of amides is 1. The first-order chi connectivity index (χ1) is 18.9. The van der Waals surface area contributed by atoms with Crippen LogP contribution in [0.4, 0.5) is 0 Å². The van der Waals surface area contributed by atoms with Crippen molar-refractivity contribution in [2.75, 3.05) is 6.26 Å². The van der Waals surface area contributed by atoms with E-state index < -0.39 is 5.79 Å². The monoisotopic (exact) mass is 587 g/mol. The Morgan fingerprint density at radius 2 is 1.82 bits per heavy atom. The minimum Gasteiger partial charge on any atom is -0.448 e. The van der Waals surface area contributed by atoms with Gasteiger partial charge in [0, 0.05) is 58.7 Å². The highest BCUT2D eigenvalue weighted by atomic mass is 35.5. The minimum atomic E-state index is -0.815. The van der Waals surface area contributed by atoms with E-state index in [0.29, 0.717) is 50.7 Å². The van der Waals surface area contributed by atoms with E-state index in [9.17, 15) is 9.59 Å². The Morgan fingerprint density at radius 3 is 2.50 bits per heavy atom. The van der Waals surface area contributed by atoms with Gasteiger partial charge in [0.25, 0.3) is 17.3 Å². The number of hydrogen-bond acceptors (Lipinski definition) is 6. The van der Waals surface area contributed by atoms with Gasteiger partial charge in [-0.2, -0.15) is 0 Å². The van der Waals surface area contributed by atoms with E-state index in [1.165, 1.54) is 43.9 Å². The number of pyridine rings is 1. The van der Waals surface area contributed by atoms with Gasteiger partial charge in [0.05, 0.1) is 5.02 Å². The average Bonchev–Trinajstić information content (AvgIpc) is 3.46. The van der Waals surface area contributed by atoms with Crippen molar-refractivity contribution < 1.29 is 14.3 Å². The lowest BCUT2D eigenvalue weighted by atomic mass is 9.67. The van der Waals surface area contributed by atoms with Crippen molar-refractivity contribution in [1.29, 1.82) is 0 Å². The molecule has 0 radical (unpaired) electrons. The molecule has 2 aliphatic carbocycles. The topological polar surface area (TPSA) is 92.5 Å². The SMILES string of the molecule is CSc1cc(C)[nH]c(=O)c1CNC(=O)c1cc(Cl)c2c(c1C)OC(C)(C1CCC3(CCC(NC(C)C)C3)CC1)O2. The molecular formula is C31H42ClN3O4S. The summed E-state index contributed by atoms with van der Waals surface area (Å²) in [4.78, 5) is 29.5. The van der Waals surface area contributed by atoms with Crippen LogP contribution in [0.3, 0.4) is 0 Å². The number of carbonyl (C=O) groups is 1. The predicted molar refractivity (Wildman–Crippen MR) is 161 cm³/mol. The van der Waals surface area contributed by atoms with Crippen molar-refractivity contribution in [3.63, 3.8) is 0 Å². The van der Waals surface area contributed by atoms with Crippen LogP contribution in [-0.2, 0) is 6.54 Å². The van der Waals surface area contributed by atoms with Crippen LogP contribution < -0.4 is 25.7 Å². The van der Waals surface area contributed by atoms with Crippen molar-refractivity contribution in [3.8, 4) is 11.5 Å². The van der Waals surface area contributed by atoms with Crippen LogP contribution in [-0.4, -0.2) is 35.0 Å². The van der Waals surface area contributed by atoms with Gasteiger partial charge in [-0.25, -0.2) is 0 Å². The Morgan fingerprint density at radius 1 is 1.15 bits per heavy atom. The molecule has 5 rings (SSSR count). The molecule has 218 valence electrons. The summed E-state index contributed by atoms with van der Waals surface area (Å²) in [5.41, 5.74) is 2.66. The number of thioether (sulfide) groups is 1. The van der Waals surface area contributed by atoms with Gasteiger partial charge in [-0.1, -0.05) is 25.4 Å². The molecule has 1 amide bonds. The number of carbonyl (C=O) groups excluding carboxylic acids is 1. The minimum absolute atomic E-state index is 0.116. The number of H-pyrrole nitrogens is 1. The fourth-order valence-corrected chi connectivity index (χ4v) is 8.02. The standard InChI is InChI=1S/C31H42ClN3O4S/c1-17(2)34-21-9-12-31(15-21)10-7-20(8-11-31)30(5)38-26-19(4)22(14-24(32)27(26)39-30)28(36)33-16-23-25(40-6)13-18(3)35-29(23)37/h13-14,17,20-21,34H,7-12,15-16H2,1-6H3,(H,33,36)(H,35,37). The molecule has 1 aliphatic heterocycles. The van der Waals surface area contributed by atoms with Gasteiger partial charge in [0.1, 0.15) is 0 Å². The van der Waals surface area contributed by atoms with E-state index in [0.717, 1.165) is 23.4 Å². The molecule has 0 saturated heterocycles. The molecule has 2 aromatic rings. The summed E-state index contributed by atoms with van der Waals surface area (Å²) in [6.07, 6.45) is 10.2. The van der Waals surface area contributed by atoms with E-state index in [1.54, 1.807) is 6.07 Å². The lowest BCUT2D eigenvalue weighted by Crippen LogP contribution is -2.46. The van der Waals surface area contributed by atoms with E-state index in [4.69, 9.17) is 21.1 Å². The first-order valence-corrected chi connectivity index (χ1v) is 16.1. The van der Waals surface area contributed by atoms with E-state index in [-0.39, 0.29) is 23.9 Å². The van der Waals surface area contributed by atoms with Gasteiger partial charge in [0.15, 0.2) is 11.5 Å². The van der Waals surface area contributed by atoms with Crippen molar-refractivity contribution in [2.45, 2.75) is 109 Å². The molecule has 1 spiro atoms. The first-order valence-electron chi connectivity index (χ1n) is 14.5. The number of aromatic amines is 1. The maximum Gasteiger partial charge on any atom is 0.254 e. The predicted octanol–water partition coefficient (Wildman–Crippen LogP) is 6.51. The van der Waals surface area contributed by atoms with Gasteiger partial charge in [-0.05, 0) is 82.6 Å². The number of aryl methyl sites for hydroxylation is 1. The van der Waals surface area contributed by atoms with Crippen molar-refractivity contribution in [3.05, 3.63) is 49.9 Å². The molecule has 2 saturated carbocycles. The highest BCUT2D eigenvalue weighted by Crippen LogP contribution is 2.56. The number of benzene rings is 1. The summed E-state index contributed by atoms with van der Waals surface area (Å²) in [6, 6.07) is 4.70. The van der Waals surface area contributed by atoms with Crippen molar-refractivity contribution in [2.24, 2.45) is 11.3 Å². The van der Waals surface area contributed by atoms with Crippen LogP contribution in [0.5, 0.6) is 11.5 Å². The van der Waals surface area contributed by atoms with Crippen LogP contribution in [0.2, 0.25) is 5.02 Å². The molecule has 3 aliphatic rings. The fraction of sp³-hybridized carbons (Fsp3) is 0.613. The van der Waals surface area contributed by atoms with Gasteiger partial charge in [0.2, 0.25) is 0 Å². The molecule has 0 bridgehead atoms. The number of aromatic nitrogens is 1. The maximum absolute atomic E-state index is 13.3. The van der Waals surface area contributed by atoms with Crippen LogP contribution >= 0.6 is 23.4 Å². The van der Waals surface area contributed by atoms with Gasteiger partial charge < -0.3 is 25.1 Å². The molecule has 2 fully saturated rings. The second kappa shape index (κ2) is 11.3. The van der Waals surface area contributed by atoms with Gasteiger partial charge in [-0.3, -0.25) is 9.59 Å². The Bertz CT molecular complexity index is 1350. The number of fused-ring (bicyclic) bond motifs is 1. The van der Waals surface area contributed by atoms with Crippen LogP contribution in [0.25, 0.3) is 0 Å². The smallest absolute Gasteiger partial charge is 0.254 e. The van der Waals surface area contributed by atoms with E-state index >= 15 is 0 Å². The molecule has 2 unspecified atom stereocenters. The zero-order chi connectivity index (χ0) is 28.8. The lowest BCUT2D eigenvalue weighted by molar-refractivity contribution is -0.128. The van der Waals surface area contributed by atoms with Crippen LogP contribution in [0.15, 0.2) is 21.8 Å². The van der Waals surface area contributed by atoms with Gasteiger partial charge >= 0.3 is 0 Å². The van der Waals surface area contributed by atoms with Crippen LogP contribution in [0, 0.1) is 25.2 Å². The molecular weight excluding hydrogens is 546 g/mol. The third kappa shape index (κ3) is 5.64. The van der Waals surface area contributed by atoms with Crippen molar-refractivity contribution >= 4 is 29.3 Å². The maximum atomic E-state index is 13.3. The quantitative estimate of drug-likeness (QED) is 0.320. The van der Waals surface area contributed by atoms with Gasteiger partial charge in [-0.15, -0.1) is 11.8 Å². The molecule has 9 heteroatoms. The van der Waals surface area contributed by atoms with E-state index in [2.05, 4.69) is 29.5 Å². The third-order valence-electron chi connectivity index (χ3n) is 9.23. The number of halogens is 1. The summed E-state index contributed by atoms with van der Waals surface area (Å²) in [7, 11) is 0. The Hall–Kier alpha value is -2.16. The molecule has 3 N–H and O–H groups in total. The summed E-state index contributed by atoms with van der Waals surface area (Å²) in [5.74, 6) is 0.176. The number of ether oxygens (including phenoxy) is 2. The molecule has 7 nitrogen and oxygen atoms in total.